The highest BCUT2D eigenvalue weighted by molar-refractivity contribution is 7.99. The van der Waals surface area contributed by atoms with Gasteiger partial charge in [-0.3, -0.25) is 9.36 Å². The number of rotatable bonds is 10. The first kappa shape index (κ1) is 22.8. The molecule has 0 unspecified atom stereocenters. The highest BCUT2D eigenvalue weighted by atomic mass is 35.5. The minimum absolute atomic E-state index is 0.158. The van der Waals surface area contributed by atoms with E-state index in [1.807, 2.05) is 28.8 Å². The molecule has 0 saturated heterocycles. The van der Waals surface area contributed by atoms with Crippen molar-refractivity contribution in [2.45, 2.75) is 18.3 Å². The van der Waals surface area contributed by atoms with E-state index in [2.05, 4.69) is 15.5 Å². The Morgan fingerprint density at radius 1 is 1.12 bits per heavy atom. The third-order valence-electron chi connectivity index (χ3n) is 4.55. The molecule has 0 atom stereocenters. The fraction of sp³-hybridized carbons (Fsp3) is 0.174. The van der Waals surface area contributed by atoms with E-state index in [1.54, 1.807) is 49.8 Å². The van der Waals surface area contributed by atoms with Crippen molar-refractivity contribution < 1.29 is 18.7 Å². The number of hydrogen-bond acceptors (Lipinski definition) is 7. The summed E-state index contributed by atoms with van der Waals surface area (Å²) in [7, 11) is 1.58. The number of halogens is 1. The zero-order chi connectivity index (χ0) is 23.0. The van der Waals surface area contributed by atoms with Gasteiger partial charge in [0.25, 0.3) is 0 Å². The van der Waals surface area contributed by atoms with Crippen LogP contribution in [0.1, 0.15) is 11.6 Å². The van der Waals surface area contributed by atoms with Crippen LogP contribution in [0.3, 0.4) is 0 Å². The number of carbonyl (C=O) groups excluding carboxylic acids is 1. The molecule has 0 fully saturated rings. The maximum Gasteiger partial charge on any atom is 0.234 e. The van der Waals surface area contributed by atoms with E-state index in [0.717, 1.165) is 5.76 Å². The number of hydrogen-bond donors (Lipinski definition) is 1. The van der Waals surface area contributed by atoms with Crippen LogP contribution in [0.4, 0.5) is 5.69 Å². The molecule has 0 aliphatic rings. The van der Waals surface area contributed by atoms with Crippen LogP contribution in [0.15, 0.2) is 76.5 Å². The summed E-state index contributed by atoms with van der Waals surface area (Å²) in [5.41, 5.74) is 0.661. The first-order valence-electron chi connectivity index (χ1n) is 10.0. The molecule has 33 heavy (non-hydrogen) atoms. The number of furan rings is 1. The molecule has 4 aromatic rings. The van der Waals surface area contributed by atoms with Gasteiger partial charge in [0, 0.05) is 16.8 Å². The summed E-state index contributed by atoms with van der Waals surface area (Å²) in [6.07, 6.45) is 1.61. The molecule has 1 amide bonds. The van der Waals surface area contributed by atoms with Gasteiger partial charge in [0.15, 0.2) is 11.0 Å². The largest absolute Gasteiger partial charge is 0.497 e. The molecule has 0 bridgehead atoms. The molecule has 0 spiro atoms. The van der Waals surface area contributed by atoms with Crippen LogP contribution in [0.25, 0.3) is 0 Å². The molecular weight excluding hydrogens is 464 g/mol. The zero-order valence-electron chi connectivity index (χ0n) is 17.7. The lowest BCUT2D eigenvalue weighted by molar-refractivity contribution is -0.113. The van der Waals surface area contributed by atoms with E-state index in [9.17, 15) is 4.79 Å². The highest BCUT2D eigenvalue weighted by Crippen LogP contribution is 2.22. The second-order valence-corrected chi connectivity index (χ2v) is 8.25. The van der Waals surface area contributed by atoms with E-state index in [-0.39, 0.29) is 18.3 Å². The van der Waals surface area contributed by atoms with Crippen molar-refractivity contribution in [1.82, 2.24) is 14.8 Å². The van der Waals surface area contributed by atoms with Gasteiger partial charge in [-0.15, -0.1) is 10.2 Å². The summed E-state index contributed by atoms with van der Waals surface area (Å²) >= 11 is 7.21. The van der Waals surface area contributed by atoms with E-state index in [0.29, 0.717) is 39.7 Å². The number of amides is 1. The Bertz CT molecular complexity index is 1200. The molecular formula is C23H21ClN4O4S. The van der Waals surface area contributed by atoms with Gasteiger partial charge in [-0.2, -0.15) is 0 Å². The van der Waals surface area contributed by atoms with Crippen molar-refractivity contribution in [3.63, 3.8) is 0 Å². The smallest absolute Gasteiger partial charge is 0.234 e. The van der Waals surface area contributed by atoms with Gasteiger partial charge in [-0.05, 0) is 48.5 Å². The first-order chi connectivity index (χ1) is 16.1. The van der Waals surface area contributed by atoms with Gasteiger partial charge in [-0.1, -0.05) is 29.4 Å². The second-order valence-electron chi connectivity index (χ2n) is 6.88. The lowest BCUT2D eigenvalue weighted by Gasteiger charge is -2.10. The fourth-order valence-corrected chi connectivity index (χ4v) is 3.84. The minimum Gasteiger partial charge on any atom is -0.497 e. The van der Waals surface area contributed by atoms with Crippen molar-refractivity contribution >= 4 is 35.0 Å². The lowest BCUT2D eigenvalue weighted by atomic mass is 10.3. The Morgan fingerprint density at radius 3 is 2.73 bits per heavy atom. The number of benzene rings is 2. The van der Waals surface area contributed by atoms with Crippen molar-refractivity contribution in [3.8, 4) is 11.5 Å². The summed E-state index contributed by atoms with van der Waals surface area (Å²) in [6.45, 7) is 0.616. The van der Waals surface area contributed by atoms with E-state index in [1.165, 1.54) is 11.8 Å². The number of nitrogens with one attached hydrogen (secondary N) is 1. The number of aromatic nitrogens is 3. The van der Waals surface area contributed by atoms with Gasteiger partial charge in [0.05, 0.1) is 25.7 Å². The van der Waals surface area contributed by atoms with Crippen LogP contribution in [0.5, 0.6) is 11.5 Å². The van der Waals surface area contributed by atoms with Crippen LogP contribution in [0.2, 0.25) is 5.02 Å². The van der Waals surface area contributed by atoms with Gasteiger partial charge >= 0.3 is 0 Å². The SMILES string of the molecule is COc1cccc(NC(=O)CSc2nnc(COc3ccc(Cl)cc3)n2Cc2ccco2)c1. The minimum atomic E-state index is -0.167. The molecule has 0 radical (unpaired) electrons. The maximum absolute atomic E-state index is 12.5. The Morgan fingerprint density at radius 2 is 1.97 bits per heavy atom. The topological polar surface area (TPSA) is 91.4 Å². The molecule has 2 aromatic carbocycles. The molecule has 4 rings (SSSR count). The summed E-state index contributed by atoms with van der Waals surface area (Å²) in [5, 5.41) is 12.6. The van der Waals surface area contributed by atoms with E-state index in [4.69, 9.17) is 25.5 Å². The Kier molecular flexibility index (Phi) is 7.54. The van der Waals surface area contributed by atoms with E-state index >= 15 is 0 Å². The van der Waals surface area contributed by atoms with Crippen LogP contribution >= 0.6 is 23.4 Å². The lowest BCUT2D eigenvalue weighted by Crippen LogP contribution is -2.15. The number of ether oxygens (including phenoxy) is 2. The first-order valence-corrected chi connectivity index (χ1v) is 11.4. The third-order valence-corrected chi connectivity index (χ3v) is 5.77. The Labute approximate surface area is 199 Å². The van der Waals surface area contributed by atoms with Gasteiger partial charge in [0.1, 0.15) is 23.9 Å². The molecule has 10 heteroatoms. The molecule has 2 aromatic heterocycles. The molecule has 0 aliphatic heterocycles. The van der Waals surface area contributed by atoms with Crippen molar-refractivity contribution in [2.75, 3.05) is 18.2 Å². The van der Waals surface area contributed by atoms with Gasteiger partial charge < -0.3 is 19.2 Å². The third kappa shape index (κ3) is 6.30. The molecule has 170 valence electrons. The summed E-state index contributed by atoms with van der Waals surface area (Å²) in [4.78, 5) is 12.5. The predicted octanol–water partition coefficient (Wildman–Crippen LogP) is 4.89. The standard InChI is InChI=1S/C23H21ClN4O4S/c1-30-19-5-2-4-17(12-19)25-22(29)15-33-23-27-26-21(28(23)13-20-6-3-11-31-20)14-32-18-9-7-16(24)8-10-18/h2-12H,13-15H2,1H3,(H,25,29). The van der Waals surface area contributed by atoms with Crippen molar-refractivity contribution in [2.24, 2.45) is 0 Å². The van der Waals surface area contributed by atoms with Crippen LogP contribution in [-0.2, 0) is 17.9 Å². The van der Waals surface area contributed by atoms with Gasteiger partial charge in [-0.25, -0.2) is 0 Å². The molecule has 2 heterocycles. The average Bonchev–Trinajstić information content (AvgIpc) is 3.48. The second kappa shape index (κ2) is 10.9. The van der Waals surface area contributed by atoms with Crippen molar-refractivity contribution in [3.05, 3.63) is 83.5 Å². The number of anilines is 1. The van der Waals surface area contributed by atoms with Crippen molar-refractivity contribution in [1.29, 1.82) is 0 Å². The number of nitrogens with zero attached hydrogens (tertiary/aromatic N) is 3. The Balaban J connectivity index is 1.43. The molecule has 1 N–H and O–H groups in total. The van der Waals surface area contributed by atoms with Crippen LogP contribution in [-0.4, -0.2) is 33.5 Å². The summed E-state index contributed by atoms with van der Waals surface area (Å²) in [5.74, 6) is 2.68. The predicted molar refractivity (Wildman–Crippen MR) is 126 cm³/mol. The van der Waals surface area contributed by atoms with E-state index < -0.39 is 0 Å². The fourth-order valence-electron chi connectivity index (χ4n) is 2.96. The molecule has 8 nitrogen and oxygen atoms in total. The number of methoxy groups -OCH3 is 1. The monoisotopic (exact) mass is 484 g/mol. The number of carbonyl (C=O) groups is 1. The highest BCUT2D eigenvalue weighted by Gasteiger charge is 2.16. The van der Waals surface area contributed by atoms with Gasteiger partial charge in [0.2, 0.25) is 5.91 Å². The van der Waals surface area contributed by atoms with Crippen LogP contribution in [0, 0.1) is 0 Å². The summed E-state index contributed by atoms with van der Waals surface area (Å²) in [6, 6.07) is 18.0. The number of thioether (sulfide) groups is 1. The van der Waals surface area contributed by atoms with Crippen LogP contribution < -0.4 is 14.8 Å². The normalized spacial score (nSPS) is 10.7. The maximum atomic E-state index is 12.5. The zero-order valence-corrected chi connectivity index (χ0v) is 19.3. The molecule has 0 aliphatic carbocycles. The Hall–Kier alpha value is -3.43. The summed E-state index contributed by atoms with van der Waals surface area (Å²) < 4.78 is 18.4. The quantitative estimate of drug-likeness (QED) is 0.320. The molecule has 0 saturated carbocycles. The average molecular weight is 485 g/mol.